The van der Waals surface area contributed by atoms with Gasteiger partial charge in [0.05, 0.1) is 12.8 Å². The molecule has 5 nitrogen and oxygen atoms in total. The number of aliphatic hydroxyl groups is 1. The van der Waals surface area contributed by atoms with E-state index in [0.29, 0.717) is 29.1 Å². The first-order valence-electron chi connectivity index (χ1n) is 5.87. The highest BCUT2D eigenvalue weighted by molar-refractivity contribution is 6.31. The van der Waals surface area contributed by atoms with Gasteiger partial charge >= 0.3 is 0 Å². The zero-order valence-electron chi connectivity index (χ0n) is 10.4. The van der Waals surface area contributed by atoms with E-state index in [-0.39, 0.29) is 6.61 Å². The fraction of sp³-hybridized carbons (Fsp3) is 0.231. The van der Waals surface area contributed by atoms with Crippen molar-refractivity contribution in [3.8, 4) is 11.6 Å². The first kappa shape index (κ1) is 13.6. The van der Waals surface area contributed by atoms with Crippen molar-refractivity contribution in [3.05, 3.63) is 41.0 Å². The lowest BCUT2D eigenvalue weighted by molar-refractivity contribution is 0.281. The third kappa shape index (κ3) is 3.56. The number of hydrogen-bond acceptors (Lipinski definition) is 5. The molecule has 19 heavy (non-hydrogen) atoms. The van der Waals surface area contributed by atoms with Gasteiger partial charge in [-0.3, -0.25) is 0 Å². The molecule has 0 radical (unpaired) electrons. The van der Waals surface area contributed by atoms with Crippen LogP contribution in [0, 0.1) is 0 Å². The maximum Gasteiger partial charge on any atom is 0.243 e. The number of ether oxygens (including phenoxy) is 1. The van der Waals surface area contributed by atoms with Crippen LogP contribution in [0.1, 0.15) is 12.5 Å². The number of nitrogens with zero attached hydrogens (tertiary/aromatic N) is 2. The van der Waals surface area contributed by atoms with Gasteiger partial charge in [-0.15, -0.1) is 0 Å². The van der Waals surface area contributed by atoms with Crippen LogP contribution in [-0.4, -0.2) is 21.6 Å². The van der Waals surface area contributed by atoms with Crippen LogP contribution in [0.25, 0.3) is 0 Å². The van der Waals surface area contributed by atoms with E-state index in [4.69, 9.17) is 21.4 Å². The number of halogens is 1. The largest absolute Gasteiger partial charge is 0.437 e. The summed E-state index contributed by atoms with van der Waals surface area (Å²) in [5.74, 6) is 1.36. The van der Waals surface area contributed by atoms with Gasteiger partial charge in [-0.05, 0) is 24.6 Å². The molecular weight excluding hydrogens is 266 g/mol. The van der Waals surface area contributed by atoms with E-state index in [1.54, 1.807) is 24.3 Å². The first-order valence-corrected chi connectivity index (χ1v) is 6.24. The van der Waals surface area contributed by atoms with Gasteiger partial charge in [-0.2, -0.15) is 4.98 Å². The first-order chi connectivity index (χ1) is 9.22. The average Bonchev–Trinajstić information content (AvgIpc) is 2.44. The van der Waals surface area contributed by atoms with Crippen LogP contribution in [0.2, 0.25) is 5.02 Å². The molecule has 0 saturated carbocycles. The van der Waals surface area contributed by atoms with Crippen molar-refractivity contribution in [2.75, 3.05) is 11.9 Å². The molecule has 100 valence electrons. The van der Waals surface area contributed by atoms with Crippen LogP contribution >= 0.6 is 11.6 Å². The van der Waals surface area contributed by atoms with Gasteiger partial charge < -0.3 is 15.2 Å². The van der Waals surface area contributed by atoms with E-state index in [1.165, 1.54) is 6.20 Å². The molecule has 0 spiro atoms. The molecule has 0 atom stereocenters. The van der Waals surface area contributed by atoms with Crippen LogP contribution in [0.15, 0.2) is 30.5 Å². The summed E-state index contributed by atoms with van der Waals surface area (Å²) < 4.78 is 5.59. The Balaban J connectivity index is 2.18. The molecule has 0 aliphatic heterocycles. The van der Waals surface area contributed by atoms with Crippen LogP contribution in [-0.2, 0) is 6.61 Å². The normalized spacial score (nSPS) is 10.3. The lowest BCUT2D eigenvalue weighted by atomic mass is 10.2. The summed E-state index contributed by atoms with van der Waals surface area (Å²) in [7, 11) is 0. The number of nitrogens with one attached hydrogen (secondary N) is 1. The molecule has 2 rings (SSSR count). The Hall–Kier alpha value is -1.85. The zero-order valence-corrected chi connectivity index (χ0v) is 11.2. The van der Waals surface area contributed by atoms with Crippen molar-refractivity contribution in [2.24, 2.45) is 0 Å². The topological polar surface area (TPSA) is 67.3 Å². The second-order valence-corrected chi connectivity index (χ2v) is 4.19. The van der Waals surface area contributed by atoms with Gasteiger partial charge in [0.1, 0.15) is 10.8 Å². The van der Waals surface area contributed by atoms with Crippen LogP contribution in [0.5, 0.6) is 11.6 Å². The van der Waals surface area contributed by atoms with Crippen molar-refractivity contribution in [1.82, 2.24) is 9.97 Å². The summed E-state index contributed by atoms with van der Waals surface area (Å²) in [6.45, 7) is 2.66. The second kappa shape index (κ2) is 6.36. The fourth-order valence-corrected chi connectivity index (χ4v) is 1.57. The molecule has 0 aliphatic carbocycles. The Kier molecular flexibility index (Phi) is 4.54. The lowest BCUT2D eigenvalue weighted by Gasteiger charge is -2.08. The smallest absolute Gasteiger partial charge is 0.243 e. The molecule has 1 aromatic carbocycles. The fourth-order valence-electron chi connectivity index (χ4n) is 1.44. The van der Waals surface area contributed by atoms with Gasteiger partial charge in [-0.25, -0.2) is 4.98 Å². The maximum atomic E-state index is 8.97. The van der Waals surface area contributed by atoms with E-state index in [2.05, 4.69) is 15.3 Å². The minimum Gasteiger partial charge on any atom is -0.437 e. The number of rotatable bonds is 5. The van der Waals surface area contributed by atoms with E-state index in [9.17, 15) is 0 Å². The molecule has 0 unspecified atom stereocenters. The molecule has 0 amide bonds. The predicted octanol–water partition coefficient (Wildman–Crippen LogP) is 2.85. The molecule has 0 bridgehead atoms. The Morgan fingerprint density at radius 1 is 1.32 bits per heavy atom. The van der Waals surface area contributed by atoms with Gasteiger partial charge in [0.15, 0.2) is 0 Å². The van der Waals surface area contributed by atoms with Gasteiger partial charge in [-0.1, -0.05) is 23.7 Å². The Bertz CT molecular complexity index is 546. The molecule has 1 aromatic heterocycles. The van der Waals surface area contributed by atoms with Gasteiger partial charge in [0, 0.05) is 6.54 Å². The van der Waals surface area contributed by atoms with Crippen LogP contribution in [0.3, 0.4) is 0 Å². The SMILES string of the molecule is CCNc1ncc(Cl)c(Oc2ccc(CO)cc2)n1. The van der Waals surface area contributed by atoms with Crippen LogP contribution < -0.4 is 10.1 Å². The summed E-state index contributed by atoms with van der Waals surface area (Å²) in [5, 5.41) is 12.3. The highest BCUT2D eigenvalue weighted by atomic mass is 35.5. The molecule has 1 heterocycles. The van der Waals surface area contributed by atoms with Crippen LogP contribution in [0.4, 0.5) is 5.95 Å². The van der Waals surface area contributed by atoms with E-state index < -0.39 is 0 Å². The Labute approximate surface area is 116 Å². The number of benzene rings is 1. The number of aliphatic hydroxyl groups excluding tert-OH is 1. The van der Waals surface area contributed by atoms with Gasteiger partial charge in [0.25, 0.3) is 0 Å². The maximum absolute atomic E-state index is 8.97. The number of anilines is 1. The van der Waals surface area contributed by atoms with Crippen molar-refractivity contribution in [3.63, 3.8) is 0 Å². The summed E-state index contributed by atoms with van der Waals surface area (Å²) in [6, 6.07) is 7.04. The van der Waals surface area contributed by atoms with E-state index >= 15 is 0 Å². The predicted molar refractivity (Wildman–Crippen MR) is 73.6 cm³/mol. The summed E-state index contributed by atoms with van der Waals surface area (Å²) in [6.07, 6.45) is 1.49. The van der Waals surface area contributed by atoms with Crippen molar-refractivity contribution in [2.45, 2.75) is 13.5 Å². The molecular formula is C13H14ClN3O2. The van der Waals surface area contributed by atoms with Crippen molar-refractivity contribution >= 4 is 17.5 Å². The Morgan fingerprint density at radius 3 is 2.68 bits per heavy atom. The molecule has 6 heteroatoms. The number of hydrogen-bond donors (Lipinski definition) is 2. The monoisotopic (exact) mass is 279 g/mol. The van der Waals surface area contributed by atoms with Crippen molar-refractivity contribution < 1.29 is 9.84 Å². The second-order valence-electron chi connectivity index (χ2n) is 3.78. The molecule has 0 aliphatic rings. The summed E-state index contributed by atoms with van der Waals surface area (Å²) >= 11 is 5.99. The van der Waals surface area contributed by atoms with Gasteiger partial charge in [0.2, 0.25) is 11.8 Å². The minimum atomic E-state index is -0.000882. The molecule has 2 N–H and O–H groups in total. The standard InChI is InChI=1S/C13H14ClN3O2/c1-2-15-13-16-7-11(14)12(17-13)19-10-5-3-9(8-18)4-6-10/h3-7,18H,2,8H2,1H3,(H,15,16,17). The average molecular weight is 280 g/mol. The highest BCUT2D eigenvalue weighted by Crippen LogP contribution is 2.27. The van der Waals surface area contributed by atoms with E-state index in [1.807, 2.05) is 6.92 Å². The highest BCUT2D eigenvalue weighted by Gasteiger charge is 2.07. The van der Waals surface area contributed by atoms with Crippen molar-refractivity contribution in [1.29, 1.82) is 0 Å². The molecule has 0 fully saturated rings. The Morgan fingerprint density at radius 2 is 2.05 bits per heavy atom. The number of aromatic nitrogens is 2. The summed E-state index contributed by atoms with van der Waals surface area (Å²) in [5.41, 5.74) is 0.814. The minimum absolute atomic E-state index is 0.000882. The van der Waals surface area contributed by atoms with E-state index in [0.717, 1.165) is 5.56 Å². The quantitative estimate of drug-likeness (QED) is 0.881. The third-order valence-corrected chi connectivity index (χ3v) is 2.63. The third-order valence-electron chi connectivity index (χ3n) is 2.37. The summed E-state index contributed by atoms with van der Waals surface area (Å²) in [4.78, 5) is 8.20. The lowest BCUT2D eigenvalue weighted by Crippen LogP contribution is -2.02. The zero-order chi connectivity index (χ0) is 13.7. The molecule has 0 saturated heterocycles. The molecule has 2 aromatic rings.